The first kappa shape index (κ1) is 28.2. The molecule has 1 spiro atoms. The number of nitrogens with zero attached hydrogens (tertiary/aromatic N) is 3. The van der Waals surface area contributed by atoms with Crippen molar-refractivity contribution in [2.75, 3.05) is 0 Å². The fourth-order valence-corrected chi connectivity index (χ4v) is 8.50. The Hall–Kier alpha value is -6.72. The molecule has 1 aliphatic heterocycles. The van der Waals surface area contributed by atoms with Crippen LogP contribution in [-0.2, 0) is 12.0 Å². The number of benzene rings is 7. The van der Waals surface area contributed by atoms with Gasteiger partial charge in [0, 0.05) is 39.1 Å². The number of furan rings is 1. The third-order valence-electron chi connectivity index (χ3n) is 10.6. The van der Waals surface area contributed by atoms with Crippen LogP contribution in [0.1, 0.15) is 27.8 Å². The highest BCUT2D eigenvalue weighted by Crippen LogP contribution is 2.62. The Balaban J connectivity index is 1.15. The third kappa shape index (κ3) is 3.97. The van der Waals surface area contributed by atoms with E-state index < -0.39 is 5.41 Å². The number of aromatic nitrogens is 3. The van der Waals surface area contributed by atoms with E-state index in [0.29, 0.717) is 12.4 Å². The molecule has 0 fully saturated rings. The van der Waals surface area contributed by atoms with Crippen molar-refractivity contribution in [1.82, 2.24) is 14.8 Å². The van der Waals surface area contributed by atoms with E-state index in [4.69, 9.17) is 19.2 Å². The number of fused-ring (bicyclic) bond motifs is 12. The van der Waals surface area contributed by atoms with Crippen LogP contribution in [0.2, 0.25) is 0 Å². The summed E-state index contributed by atoms with van der Waals surface area (Å²) < 4.78 is 15.4. The maximum Gasteiger partial charge on any atom is 0.181 e. The Morgan fingerprint density at radius 2 is 1.18 bits per heavy atom. The number of rotatable bonds is 4. The van der Waals surface area contributed by atoms with Crippen molar-refractivity contribution in [3.63, 3.8) is 0 Å². The van der Waals surface area contributed by atoms with Gasteiger partial charge in [0.05, 0.1) is 12.0 Å². The molecular formula is C46H29N3O2. The van der Waals surface area contributed by atoms with Gasteiger partial charge in [0.1, 0.15) is 22.7 Å². The zero-order chi connectivity index (χ0) is 33.5. The Kier molecular flexibility index (Phi) is 5.87. The van der Waals surface area contributed by atoms with Crippen molar-refractivity contribution in [3.05, 3.63) is 192 Å². The second-order valence-electron chi connectivity index (χ2n) is 13.3. The topological polar surface area (TPSA) is 53.1 Å². The van der Waals surface area contributed by atoms with Crippen LogP contribution in [0.3, 0.4) is 0 Å². The van der Waals surface area contributed by atoms with E-state index in [1.54, 1.807) is 0 Å². The summed E-state index contributed by atoms with van der Waals surface area (Å²) >= 11 is 0. The number of hydrogen-bond donors (Lipinski definition) is 0. The average molecular weight is 656 g/mol. The van der Waals surface area contributed by atoms with Crippen LogP contribution in [0.25, 0.3) is 55.8 Å². The zero-order valence-corrected chi connectivity index (χ0v) is 27.5. The summed E-state index contributed by atoms with van der Waals surface area (Å²) in [5, 5.41) is 7.20. The third-order valence-corrected chi connectivity index (χ3v) is 10.6. The smallest absolute Gasteiger partial charge is 0.181 e. The van der Waals surface area contributed by atoms with Gasteiger partial charge in [-0.15, -0.1) is 0 Å². The fourth-order valence-electron chi connectivity index (χ4n) is 8.50. The van der Waals surface area contributed by atoms with E-state index in [9.17, 15) is 0 Å². The lowest BCUT2D eigenvalue weighted by atomic mass is 9.66. The monoisotopic (exact) mass is 655 g/mol. The van der Waals surface area contributed by atoms with Gasteiger partial charge < -0.3 is 9.15 Å². The van der Waals surface area contributed by atoms with Gasteiger partial charge in [-0.05, 0) is 46.0 Å². The van der Waals surface area contributed by atoms with Crippen LogP contribution in [0.4, 0.5) is 0 Å². The maximum atomic E-state index is 6.75. The quantitative estimate of drug-likeness (QED) is 0.189. The van der Waals surface area contributed by atoms with Crippen molar-refractivity contribution in [2.24, 2.45) is 0 Å². The van der Waals surface area contributed by atoms with Crippen molar-refractivity contribution in [2.45, 2.75) is 12.0 Å². The van der Waals surface area contributed by atoms with Crippen molar-refractivity contribution in [3.8, 4) is 45.4 Å². The molecule has 0 saturated carbocycles. The molecular weight excluding hydrogens is 627 g/mol. The highest BCUT2D eigenvalue weighted by Gasteiger charge is 2.51. The van der Waals surface area contributed by atoms with Gasteiger partial charge in [-0.2, -0.15) is 5.10 Å². The van der Waals surface area contributed by atoms with Gasteiger partial charge in [-0.25, -0.2) is 9.67 Å². The highest BCUT2D eigenvalue weighted by molar-refractivity contribution is 6.08. The summed E-state index contributed by atoms with van der Waals surface area (Å²) in [5.74, 6) is 3.19. The normalized spacial score (nSPS) is 13.5. The lowest BCUT2D eigenvalue weighted by Crippen LogP contribution is -2.32. The van der Waals surface area contributed by atoms with E-state index in [-0.39, 0.29) is 0 Å². The van der Waals surface area contributed by atoms with E-state index in [0.717, 1.165) is 67.1 Å². The summed E-state index contributed by atoms with van der Waals surface area (Å²) in [4.78, 5) is 5.06. The molecule has 1 aliphatic carbocycles. The molecule has 7 aromatic carbocycles. The molecule has 240 valence electrons. The molecule has 3 heterocycles. The number of ether oxygens (including phenoxy) is 1. The molecule has 9 aromatic rings. The maximum absolute atomic E-state index is 6.75. The summed E-state index contributed by atoms with van der Waals surface area (Å²) in [6.07, 6.45) is 0. The predicted molar refractivity (Wildman–Crippen MR) is 201 cm³/mol. The minimum absolute atomic E-state index is 0.517. The Labute approximate surface area is 294 Å². The highest BCUT2D eigenvalue weighted by atomic mass is 16.5. The summed E-state index contributed by atoms with van der Waals surface area (Å²) in [7, 11) is 0. The van der Waals surface area contributed by atoms with Crippen LogP contribution in [-0.4, -0.2) is 14.8 Å². The molecule has 2 aliphatic rings. The summed E-state index contributed by atoms with van der Waals surface area (Å²) in [6.45, 7) is 0.517. The molecule has 0 amide bonds. The molecule has 0 atom stereocenters. The first-order chi connectivity index (χ1) is 25.3. The van der Waals surface area contributed by atoms with Crippen molar-refractivity contribution in [1.29, 1.82) is 0 Å². The molecule has 5 heteroatoms. The van der Waals surface area contributed by atoms with E-state index in [1.165, 1.54) is 22.3 Å². The zero-order valence-electron chi connectivity index (χ0n) is 27.5. The number of hydrogen-bond acceptors (Lipinski definition) is 4. The van der Waals surface area contributed by atoms with Gasteiger partial charge in [-0.3, -0.25) is 0 Å². The molecule has 0 unspecified atom stereocenters. The minimum atomic E-state index is -0.555. The van der Waals surface area contributed by atoms with Crippen LogP contribution >= 0.6 is 0 Å². The van der Waals surface area contributed by atoms with Gasteiger partial charge in [0.15, 0.2) is 11.6 Å². The number of para-hydroxylation sites is 1. The van der Waals surface area contributed by atoms with Gasteiger partial charge in [0.25, 0.3) is 0 Å². The van der Waals surface area contributed by atoms with E-state index in [2.05, 4.69) is 121 Å². The minimum Gasteiger partial charge on any atom is -0.457 e. The Morgan fingerprint density at radius 3 is 1.92 bits per heavy atom. The Bertz CT molecular complexity index is 2770. The van der Waals surface area contributed by atoms with Crippen molar-refractivity contribution < 1.29 is 9.15 Å². The van der Waals surface area contributed by atoms with E-state index in [1.807, 2.05) is 47.1 Å². The molecule has 0 N–H and O–H groups in total. The lowest BCUT2D eigenvalue weighted by Gasteiger charge is -2.39. The van der Waals surface area contributed by atoms with Gasteiger partial charge in [-0.1, -0.05) is 140 Å². The molecule has 0 radical (unpaired) electrons. The van der Waals surface area contributed by atoms with E-state index >= 15 is 0 Å². The predicted octanol–water partition coefficient (Wildman–Crippen LogP) is 11.0. The first-order valence-corrected chi connectivity index (χ1v) is 17.3. The van der Waals surface area contributed by atoms with Crippen LogP contribution in [0, 0.1) is 0 Å². The summed E-state index contributed by atoms with van der Waals surface area (Å²) in [6, 6.07) is 57.3. The summed E-state index contributed by atoms with van der Waals surface area (Å²) in [5.41, 5.74) is 11.4. The van der Waals surface area contributed by atoms with Crippen LogP contribution < -0.4 is 4.74 Å². The van der Waals surface area contributed by atoms with Crippen LogP contribution in [0.15, 0.2) is 168 Å². The van der Waals surface area contributed by atoms with Gasteiger partial charge >= 0.3 is 0 Å². The first-order valence-electron chi connectivity index (χ1n) is 17.3. The molecule has 0 bridgehead atoms. The van der Waals surface area contributed by atoms with Crippen molar-refractivity contribution >= 4 is 21.9 Å². The lowest BCUT2D eigenvalue weighted by molar-refractivity contribution is 0.436. The second-order valence-corrected chi connectivity index (χ2v) is 13.3. The van der Waals surface area contributed by atoms with Gasteiger partial charge in [0.2, 0.25) is 0 Å². The Morgan fingerprint density at radius 1 is 0.529 bits per heavy atom. The largest absolute Gasteiger partial charge is 0.457 e. The molecule has 51 heavy (non-hydrogen) atoms. The molecule has 11 rings (SSSR count). The average Bonchev–Trinajstić information content (AvgIpc) is 3.86. The standard InChI is InChI=1S/C46H29N3O2/c1-3-14-29(15-4-1)44-47-45(30-16-5-2-6-17-30)49(48-44)28-31-18-13-25-40-43(31)34-26-38-42(27-41(34)51-40)50-39-24-12-11-23-37(39)46(38)35-21-9-7-19-32(35)33-20-8-10-22-36(33)46/h1-27H,28H2. The molecule has 2 aromatic heterocycles. The molecule has 5 nitrogen and oxygen atoms in total. The second kappa shape index (κ2) is 10.6. The molecule has 0 saturated heterocycles. The van der Waals surface area contributed by atoms with Crippen LogP contribution in [0.5, 0.6) is 11.5 Å². The SMILES string of the molecule is c1ccc(-c2nc(-c3ccccc3)n(Cc3cccc4oc5cc6c(cc5c34)C3(c4ccccc4O6)c4ccccc4-c4ccccc43)n2)cc1. The fraction of sp³-hybridized carbons (Fsp3) is 0.0435.